The van der Waals surface area contributed by atoms with E-state index in [0.29, 0.717) is 11.6 Å². The zero-order valence-corrected chi connectivity index (χ0v) is 12.4. The van der Waals surface area contributed by atoms with E-state index in [1.54, 1.807) is 0 Å². The third kappa shape index (κ3) is 2.45. The van der Waals surface area contributed by atoms with Gasteiger partial charge in [-0.05, 0) is 13.8 Å². The van der Waals surface area contributed by atoms with Crippen LogP contribution >= 0.6 is 0 Å². The Kier molecular flexibility index (Phi) is 3.08. The van der Waals surface area contributed by atoms with Crippen LogP contribution in [-0.2, 0) is 12.5 Å². The van der Waals surface area contributed by atoms with E-state index in [-0.39, 0.29) is 5.41 Å². The molecule has 102 valence electrons. The van der Waals surface area contributed by atoms with Crippen molar-refractivity contribution >= 4 is 5.82 Å². The summed E-state index contributed by atoms with van der Waals surface area (Å²) in [4.78, 5) is 9.03. The highest BCUT2D eigenvalue weighted by Crippen LogP contribution is 2.28. The van der Waals surface area contributed by atoms with Gasteiger partial charge >= 0.3 is 0 Å². The SMILES string of the molecule is Cc1nn(C)c(C)c1-c1nc(N)cc(C(C)(C)C)n1. The van der Waals surface area contributed by atoms with Gasteiger partial charge in [-0.15, -0.1) is 0 Å². The fourth-order valence-electron chi connectivity index (χ4n) is 2.06. The van der Waals surface area contributed by atoms with Crippen LogP contribution in [0.25, 0.3) is 11.4 Å². The topological polar surface area (TPSA) is 69.6 Å². The van der Waals surface area contributed by atoms with Crippen molar-refractivity contribution in [3.8, 4) is 11.4 Å². The Bertz CT molecular complexity index is 619. The van der Waals surface area contributed by atoms with Gasteiger partial charge in [0, 0.05) is 24.2 Å². The summed E-state index contributed by atoms with van der Waals surface area (Å²) in [5, 5.41) is 4.40. The second-order valence-corrected chi connectivity index (χ2v) is 5.92. The smallest absolute Gasteiger partial charge is 0.165 e. The van der Waals surface area contributed by atoms with Crippen molar-refractivity contribution in [2.45, 2.75) is 40.0 Å². The molecule has 0 saturated carbocycles. The molecule has 0 amide bonds. The van der Waals surface area contributed by atoms with E-state index in [4.69, 9.17) is 5.73 Å². The molecular formula is C14H21N5. The molecule has 19 heavy (non-hydrogen) atoms. The molecule has 2 N–H and O–H groups in total. The largest absolute Gasteiger partial charge is 0.384 e. The van der Waals surface area contributed by atoms with E-state index in [9.17, 15) is 0 Å². The fourth-order valence-corrected chi connectivity index (χ4v) is 2.06. The molecule has 2 rings (SSSR count). The quantitative estimate of drug-likeness (QED) is 0.853. The second-order valence-electron chi connectivity index (χ2n) is 5.92. The van der Waals surface area contributed by atoms with Gasteiger partial charge in [-0.3, -0.25) is 4.68 Å². The molecular weight excluding hydrogens is 238 g/mol. The lowest BCUT2D eigenvalue weighted by atomic mass is 9.92. The van der Waals surface area contributed by atoms with Crippen LogP contribution in [0.3, 0.4) is 0 Å². The Balaban J connectivity index is 2.66. The molecule has 0 fully saturated rings. The first kappa shape index (κ1) is 13.5. The summed E-state index contributed by atoms with van der Waals surface area (Å²) >= 11 is 0. The average molecular weight is 259 g/mol. The maximum Gasteiger partial charge on any atom is 0.165 e. The van der Waals surface area contributed by atoms with Gasteiger partial charge in [-0.2, -0.15) is 5.10 Å². The Labute approximate surface area is 113 Å². The molecule has 0 spiro atoms. The lowest BCUT2D eigenvalue weighted by Crippen LogP contribution is -2.15. The van der Waals surface area contributed by atoms with Gasteiger partial charge in [-0.25, -0.2) is 9.97 Å². The first-order valence-corrected chi connectivity index (χ1v) is 6.35. The van der Waals surface area contributed by atoms with Crippen molar-refractivity contribution in [1.82, 2.24) is 19.7 Å². The molecule has 5 heteroatoms. The Morgan fingerprint density at radius 3 is 2.26 bits per heavy atom. The van der Waals surface area contributed by atoms with Crippen molar-refractivity contribution in [2.24, 2.45) is 7.05 Å². The first-order chi connectivity index (χ1) is 8.70. The standard InChI is InChI=1S/C14H21N5/c1-8-12(9(2)19(6)18-8)13-16-10(14(3,4)5)7-11(15)17-13/h7H,1-6H3,(H2,15,16,17). The van der Waals surface area contributed by atoms with Crippen LogP contribution in [0.2, 0.25) is 0 Å². The van der Waals surface area contributed by atoms with Crippen LogP contribution in [0.15, 0.2) is 6.07 Å². The minimum Gasteiger partial charge on any atom is -0.384 e. The van der Waals surface area contributed by atoms with Crippen LogP contribution in [0.5, 0.6) is 0 Å². The number of hydrogen-bond acceptors (Lipinski definition) is 4. The molecule has 0 aliphatic rings. The summed E-state index contributed by atoms with van der Waals surface area (Å²) in [6, 6.07) is 1.84. The Morgan fingerprint density at radius 2 is 1.79 bits per heavy atom. The number of nitrogens with two attached hydrogens (primary N) is 1. The third-order valence-corrected chi connectivity index (χ3v) is 3.25. The molecule has 0 aliphatic carbocycles. The van der Waals surface area contributed by atoms with Gasteiger partial charge in [0.1, 0.15) is 5.82 Å². The predicted octanol–water partition coefficient (Wildman–Crippen LogP) is 2.37. The summed E-state index contributed by atoms with van der Waals surface area (Å²) in [5.41, 5.74) is 9.74. The van der Waals surface area contributed by atoms with Crippen molar-refractivity contribution in [3.05, 3.63) is 23.1 Å². The number of aryl methyl sites for hydroxylation is 2. The molecule has 5 nitrogen and oxygen atoms in total. The molecule has 0 bridgehead atoms. The van der Waals surface area contributed by atoms with Gasteiger partial charge in [0.2, 0.25) is 0 Å². The summed E-state index contributed by atoms with van der Waals surface area (Å²) in [7, 11) is 1.92. The number of hydrogen-bond donors (Lipinski definition) is 1. The van der Waals surface area contributed by atoms with E-state index in [1.165, 1.54) is 0 Å². The van der Waals surface area contributed by atoms with Crippen LogP contribution in [0, 0.1) is 13.8 Å². The maximum atomic E-state index is 5.92. The van der Waals surface area contributed by atoms with Gasteiger partial charge in [-0.1, -0.05) is 20.8 Å². The van der Waals surface area contributed by atoms with Crippen molar-refractivity contribution in [3.63, 3.8) is 0 Å². The summed E-state index contributed by atoms with van der Waals surface area (Å²) in [6.07, 6.45) is 0. The van der Waals surface area contributed by atoms with E-state index in [2.05, 4.69) is 35.8 Å². The van der Waals surface area contributed by atoms with E-state index in [1.807, 2.05) is 31.6 Å². The lowest BCUT2D eigenvalue weighted by Gasteiger charge is -2.18. The van der Waals surface area contributed by atoms with Crippen LogP contribution in [-0.4, -0.2) is 19.7 Å². The van der Waals surface area contributed by atoms with Crippen molar-refractivity contribution in [2.75, 3.05) is 5.73 Å². The van der Waals surface area contributed by atoms with E-state index in [0.717, 1.165) is 22.6 Å². The van der Waals surface area contributed by atoms with Gasteiger partial charge in [0.15, 0.2) is 5.82 Å². The monoisotopic (exact) mass is 259 g/mol. The van der Waals surface area contributed by atoms with E-state index >= 15 is 0 Å². The van der Waals surface area contributed by atoms with Crippen LogP contribution in [0.4, 0.5) is 5.82 Å². The third-order valence-electron chi connectivity index (χ3n) is 3.25. The maximum absolute atomic E-state index is 5.92. The van der Waals surface area contributed by atoms with Crippen molar-refractivity contribution in [1.29, 1.82) is 0 Å². The first-order valence-electron chi connectivity index (χ1n) is 6.35. The van der Waals surface area contributed by atoms with Gasteiger partial charge < -0.3 is 5.73 Å². The molecule has 0 aromatic carbocycles. The Hall–Kier alpha value is -1.91. The molecule has 0 atom stereocenters. The minimum atomic E-state index is -0.0597. The lowest BCUT2D eigenvalue weighted by molar-refractivity contribution is 0.568. The van der Waals surface area contributed by atoms with E-state index < -0.39 is 0 Å². The number of nitrogens with zero attached hydrogens (tertiary/aromatic N) is 4. The second kappa shape index (κ2) is 4.33. The van der Waals surface area contributed by atoms with Gasteiger partial charge in [0.05, 0.1) is 17.0 Å². The van der Waals surface area contributed by atoms with Crippen molar-refractivity contribution < 1.29 is 0 Å². The molecule has 0 unspecified atom stereocenters. The average Bonchev–Trinajstić information content (AvgIpc) is 2.51. The predicted molar refractivity (Wildman–Crippen MR) is 76.8 cm³/mol. The van der Waals surface area contributed by atoms with Crippen LogP contribution < -0.4 is 5.73 Å². The van der Waals surface area contributed by atoms with Gasteiger partial charge in [0.25, 0.3) is 0 Å². The zero-order chi connectivity index (χ0) is 14.4. The minimum absolute atomic E-state index is 0.0597. The number of rotatable bonds is 1. The molecule has 0 radical (unpaired) electrons. The highest BCUT2D eigenvalue weighted by molar-refractivity contribution is 5.63. The highest BCUT2D eigenvalue weighted by Gasteiger charge is 2.20. The zero-order valence-electron chi connectivity index (χ0n) is 12.4. The number of nitrogen functional groups attached to an aromatic ring is 1. The summed E-state index contributed by atoms with van der Waals surface area (Å²) in [5.74, 6) is 1.16. The number of aromatic nitrogens is 4. The molecule has 2 heterocycles. The highest BCUT2D eigenvalue weighted by atomic mass is 15.3. The summed E-state index contributed by atoms with van der Waals surface area (Å²) in [6.45, 7) is 10.3. The normalized spacial score (nSPS) is 11.9. The molecule has 0 saturated heterocycles. The molecule has 2 aromatic heterocycles. The summed E-state index contributed by atoms with van der Waals surface area (Å²) < 4.78 is 1.84. The number of anilines is 1. The molecule has 2 aromatic rings. The fraction of sp³-hybridized carbons (Fsp3) is 0.500. The van der Waals surface area contributed by atoms with Crippen LogP contribution in [0.1, 0.15) is 37.9 Å². The Morgan fingerprint density at radius 1 is 1.16 bits per heavy atom. The molecule has 0 aliphatic heterocycles.